The highest BCUT2D eigenvalue weighted by molar-refractivity contribution is 5.64. The fourth-order valence-corrected chi connectivity index (χ4v) is 2.50. The number of pyridine rings is 1. The van der Waals surface area contributed by atoms with Crippen molar-refractivity contribution in [3.05, 3.63) is 48.7 Å². The molecular formula is C19H20F2N4O3. The maximum Gasteiger partial charge on any atom is 0.272 e. The number of rotatable bonds is 9. The molecule has 9 heteroatoms. The lowest BCUT2D eigenvalue weighted by atomic mass is 10.1. The van der Waals surface area contributed by atoms with Crippen molar-refractivity contribution in [3.8, 4) is 34.5 Å². The minimum Gasteiger partial charge on any atom is -0.492 e. The molecule has 0 spiro atoms. The predicted octanol–water partition coefficient (Wildman–Crippen LogP) is 2.92. The van der Waals surface area contributed by atoms with Gasteiger partial charge in [-0.15, -0.1) is 5.10 Å². The maximum absolute atomic E-state index is 12.5. The van der Waals surface area contributed by atoms with Crippen molar-refractivity contribution in [3.63, 3.8) is 0 Å². The van der Waals surface area contributed by atoms with E-state index in [0.29, 0.717) is 36.2 Å². The molecule has 0 aliphatic carbocycles. The van der Waals surface area contributed by atoms with E-state index >= 15 is 0 Å². The number of ether oxygens (including phenoxy) is 3. The van der Waals surface area contributed by atoms with E-state index in [1.54, 1.807) is 41.2 Å². The fourth-order valence-electron chi connectivity index (χ4n) is 2.50. The van der Waals surface area contributed by atoms with Crippen LogP contribution in [0.15, 0.2) is 48.7 Å². The van der Waals surface area contributed by atoms with Gasteiger partial charge < -0.3 is 19.9 Å². The summed E-state index contributed by atoms with van der Waals surface area (Å²) in [7, 11) is 1.52. The average Bonchev–Trinajstić information content (AvgIpc) is 3.15. The monoisotopic (exact) mass is 390 g/mol. The minimum absolute atomic E-state index is 0.0922. The average molecular weight is 390 g/mol. The van der Waals surface area contributed by atoms with Gasteiger partial charge in [0.2, 0.25) is 11.8 Å². The predicted molar refractivity (Wildman–Crippen MR) is 99.4 cm³/mol. The highest BCUT2D eigenvalue weighted by Gasteiger charge is 2.15. The molecule has 1 aromatic carbocycles. The summed E-state index contributed by atoms with van der Waals surface area (Å²) in [5.74, 6) is 1.23. The van der Waals surface area contributed by atoms with Crippen LogP contribution in [0.2, 0.25) is 0 Å². The summed E-state index contributed by atoms with van der Waals surface area (Å²) in [6, 6.07) is 12.3. The molecule has 0 aliphatic heterocycles. The molecule has 3 rings (SSSR count). The lowest BCUT2D eigenvalue weighted by Crippen LogP contribution is -2.10. The molecule has 2 N–H and O–H groups in total. The molecule has 0 bridgehead atoms. The molecule has 2 aromatic heterocycles. The summed E-state index contributed by atoms with van der Waals surface area (Å²) < 4.78 is 42.2. The molecule has 28 heavy (non-hydrogen) atoms. The van der Waals surface area contributed by atoms with Crippen LogP contribution in [-0.4, -0.2) is 48.1 Å². The Hall–Kier alpha value is -3.20. The SMILES string of the molecule is COc1ccc(-n2nc(OCC(F)F)cc2-c2ccc(OCCN)cc2)cn1. The number of halogens is 2. The zero-order valence-electron chi connectivity index (χ0n) is 15.2. The van der Waals surface area contributed by atoms with E-state index in [0.717, 1.165) is 5.56 Å². The molecule has 0 atom stereocenters. The molecule has 148 valence electrons. The second-order valence-corrected chi connectivity index (χ2v) is 5.70. The Kier molecular flexibility index (Phi) is 6.38. The van der Waals surface area contributed by atoms with Crippen LogP contribution in [0.4, 0.5) is 8.78 Å². The van der Waals surface area contributed by atoms with E-state index < -0.39 is 13.0 Å². The second kappa shape index (κ2) is 9.14. The van der Waals surface area contributed by atoms with Crippen molar-refractivity contribution < 1.29 is 23.0 Å². The smallest absolute Gasteiger partial charge is 0.272 e. The lowest BCUT2D eigenvalue weighted by Gasteiger charge is -2.09. The van der Waals surface area contributed by atoms with Crippen molar-refractivity contribution in [2.24, 2.45) is 5.73 Å². The van der Waals surface area contributed by atoms with Gasteiger partial charge in [-0.25, -0.2) is 18.4 Å². The molecule has 2 heterocycles. The van der Waals surface area contributed by atoms with Crippen LogP contribution in [0.5, 0.6) is 17.5 Å². The maximum atomic E-state index is 12.5. The van der Waals surface area contributed by atoms with Crippen molar-refractivity contribution in [2.75, 3.05) is 26.9 Å². The van der Waals surface area contributed by atoms with Gasteiger partial charge in [0.05, 0.1) is 24.7 Å². The number of hydrogen-bond acceptors (Lipinski definition) is 6. The van der Waals surface area contributed by atoms with E-state index in [2.05, 4.69) is 10.1 Å². The Balaban J connectivity index is 1.94. The Labute approximate surface area is 160 Å². The first-order chi connectivity index (χ1) is 13.6. The highest BCUT2D eigenvalue weighted by Crippen LogP contribution is 2.29. The number of benzene rings is 1. The molecule has 0 amide bonds. The van der Waals surface area contributed by atoms with Gasteiger partial charge in [0.15, 0.2) is 6.61 Å². The number of nitrogens with two attached hydrogens (primary N) is 1. The van der Waals surface area contributed by atoms with Crippen LogP contribution in [0, 0.1) is 0 Å². The van der Waals surface area contributed by atoms with E-state index in [4.69, 9.17) is 19.9 Å². The van der Waals surface area contributed by atoms with E-state index in [-0.39, 0.29) is 5.88 Å². The summed E-state index contributed by atoms with van der Waals surface area (Å²) >= 11 is 0. The van der Waals surface area contributed by atoms with E-state index in [1.807, 2.05) is 12.1 Å². The number of aromatic nitrogens is 3. The molecular weight excluding hydrogens is 370 g/mol. The van der Waals surface area contributed by atoms with Gasteiger partial charge in [0, 0.05) is 24.2 Å². The Morgan fingerprint density at radius 1 is 1.07 bits per heavy atom. The normalized spacial score (nSPS) is 10.9. The van der Waals surface area contributed by atoms with Crippen molar-refractivity contribution in [2.45, 2.75) is 6.43 Å². The van der Waals surface area contributed by atoms with Crippen molar-refractivity contribution in [1.82, 2.24) is 14.8 Å². The Morgan fingerprint density at radius 3 is 2.46 bits per heavy atom. The number of hydrogen-bond donors (Lipinski definition) is 1. The molecule has 0 unspecified atom stereocenters. The topological polar surface area (TPSA) is 84.4 Å². The van der Waals surface area contributed by atoms with Gasteiger partial charge in [0.25, 0.3) is 6.43 Å². The van der Waals surface area contributed by atoms with Crippen LogP contribution < -0.4 is 19.9 Å². The number of alkyl halides is 2. The summed E-state index contributed by atoms with van der Waals surface area (Å²) in [6.07, 6.45) is -1.01. The number of nitrogens with zero attached hydrogens (tertiary/aromatic N) is 3. The van der Waals surface area contributed by atoms with Gasteiger partial charge in [-0.2, -0.15) is 0 Å². The zero-order chi connectivity index (χ0) is 19.9. The zero-order valence-corrected chi connectivity index (χ0v) is 15.2. The third kappa shape index (κ3) is 4.74. The third-order valence-corrected chi connectivity index (χ3v) is 3.76. The molecule has 3 aromatic rings. The second-order valence-electron chi connectivity index (χ2n) is 5.70. The van der Waals surface area contributed by atoms with Gasteiger partial charge in [-0.3, -0.25) is 0 Å². The Bertz CT molecular complexity index is 883. The van der Waals surface area contributed by atoms with E-state index in [9.17, 15) is 8.78 Å². The first-order valence-electron chi connectivity index (χ1n) is 8.55. The first-order valence-corrected chi connectivity index (χ1v) is 8.55. The highest BCUT2D eigenvalue weighted by atomic mass is 19.3. The van der Waals surface area contributed by atoms with Crippen LogP contribution in [0.25, 0.3) is 16.9 Å². The molecule has 0 radical (unpaired) electrons. The standard InChI is InChI=1S/C19H20F2N4O3/c1-26-18-7-4-14(11-23-18)25-16(10-19(24-25)28-12-17(20)21)13-2-5-15(6-3-13)27-9-8-22/h2-7,10-11,17H,8-9,12,22H2,1H3. The van der Waals surface area contributed by atoms with Crippen LogP contribution in [0.1, 0.15) is 0 Å². The number of methoxy groups -OCH3 is 1. The van der Waals surface area contributed by atoms with Gasteiger partial charge in [-0.1, -0.05) is 0 Å². The van der Waals surface area contributed by atoms with E-state index in [1.165, 1.54) is 7.11 Å². The van der Waals surface area contributed by atoms with Gasteiger partial charge in [0.1, 0.15) is 12.4 Å². The molecule has 0 saturated carbocycles. The Morgan fingerprint density at radius 2 is 1.86 bits per heavy atom. The summed E-state index contributed by atoms with van der Waals surface area (Å²) in [5.41, 5.74) is 7.52. The summed E-state index contributed by atoms with van der Waals surface area (Å²) in [5, 5.41) is 4.29. The van der Waals surface area contributed by atoms with Crippen molar-refractivity contribution in [1.29, 1.82) is 0 Å². The molecule has 0 saturated heterocycles. The molecule has 0 fully saturated rings. The van der Waals surface area contributed by atoms with Gasteiger partial charge in [-0.05, 0) is 30.3 Å². The minimum atomic E-state index is -2.59. The summed E-state index contributed by atoms with van der Waals surface area (Å²) in [6.45, 7) is 0.105. The van der Waals surface area contributed by atoms with Crippen LogP contribution >= 0.6 is 0 Å². The molecule has 7 nitrogen and oxygen atoms in total. The first kappa shape index (κ1) is 19.6. The quantitative estimate of drug-likeness (QED) is 0.605. The lowest BCUT2D eigenvalue weighted by molar-refractivity contribution is 0.0794. The van der Waals surface area contributed by atoms with Gasteiger partial charge >= 0.3 is 0 Å². The largest absolute Gasteiger partial charge is 0.492 e. The van der Waals surface area contributed by atoms with Crippen LogP contribution in [0.3, 0.4) is 0 Å². The third-order valence-electron chi connectivity index (χ3n) is 3.76. The van der Waals surface area contributed by atoms with Crippen LogP contribution in [-0.2, 0) is 0 Å². The fraction of sp³-hybridized carbons (Fsp3) is 0.263. The molecule has 0 aliphatic rings. The van der Waals surface area contributed by atoms with Crippen molar-refractivity contribution >= 4 is 0 Å². The summed E-state index contributed by atoms with van der Waals surface area (Å²) in [4.78, 5) is 4.16.